The Hall–Kier alpha value is -2.94. The second-order valence-electron chi connectivity index (χ2n) is 5.23. The monoisotopic (exact) mass is 363 g/mol. The van der Waals surface area contributed by atoms with Crippen LogP contribution in [-0.4, -0.2) is 26.2 Å². The van der Waals surface area contributed by atoms with E-state index in [4.69, 9.17) is 4.74 Å². The number of ether oxygens (including phenoxy) is 1. The summed E-state index contributed by atoms with van der Waals surface area (Å²) >= 11 is 0. The van der Waals surface area contributed by atoms with E-state index >= 15 is 0 Å². The number of sulfonamides is 1. The molecule has 0 amide bonds. The van der Waals surface area contributed by atoms with E-state index < -0.39 is 14.9 Å². The van der Waals surface area contributed by atoms with Crippen molar-refractivity contribution in [1.82, 2.24) is 4.83 Å². The van der Waals surface area contributed by atoms with E-state index in [2.05, 4.69) is 9.93 Å². The Balaban J connectivity index is 2.29. The molecule has 9 heteroatoms. The van der Waals surface area contributed by atoms with Crippen molar-refractivity contribution >= 4 is 21.4 Å². The van der Waals surface area contributed by atoms with Gasteiger partial charge in [-0.05, 0) is 32.0 Å². The number of nitro groups is 1. The van der Waals surface area contributed by atoms with Gasteiger partial charge < -0.3 is 4.74 Å². The SMILES string of the molecule is COc1cccc(/C(C)=N/NS(=O)(=O)c2ccc(C)c([N+](=O)[O-])c2)c1. The van der Waals surface area contributed by atoms with Gasteiger partial charge in [0.1, 0.15) is 5.75 Å². The summed E-state index contributed by atoms with van der Waals surface area (Å²) in [6.07, 6.45) is 0. The van der Waals surface area contributed by atoms with Crippen molar-refractivity contribution < 1.29 is 18.1 Å². The molecule has 2 aromatic carbocycles. The topological polar surface area (TPSA) is 111 Å². The van der Waals surface area contributed by atoms with Crippen molar-refractivity contribution in [2.75, 3.05) is 7.11 Å². The van der Waals surface area contributed by atoms with Crippen molar-refractivity contribution in [2.24, 2.45) is 5.10 Å². The van der Waals surface area contributed by atoms with Gasteiger partial charge in [-0.15, -0.1) is 0 Å². The molecule has 2 aromatic rings. The van der Waals surface area contributed by atoms with Crippen LogP contribution in [0.25, 0.3) is 0 Å². The van der Waals surface area contributed by atoms with Crippen LogP contribution in [0.4, 0.5) is 5.69 Å². The van der Waals surface area contributed by atoms with Crippen LogP contribution in [0.1, 0.15) is 18.1 Å². The Morgan fingerprint density at radius 1 is 1.24 bits per heavy atom. The number of hydrazone groups is 1. The molecule has 0 bridgehead atoms. The van der Waals surface area contributed by atoms with Crippen molar-refractivity contribution in [3.63, 3.8) is 0 Å². The normalized spacial score (nSPS) is 11.9. The highest BCUT2D eigenvalue weighted by Crippen LogP contribution is 2.22. The standard InChI is InChI=1S/C16H17N3O5S/c1-11-7-8-15(10-16(11)19(20)21)25(22,23)18-17-12(2)13-5-4-6-14(9-13)24-3/h4-10,18H,1-3H3/b17-12+. The minimum Gasteiger partial charge on any atom is -0.497 e. The van der Waals surface area contributed by atoms with Crippen molar-refractivity contribution in [3.8, 4) is 5.75 Å². The predicted octanol–water partition coefficient (Wildman–Crippen LogP) is 2.61. The molecule has 0 unspecified atom stereocenters. The number of methoxy groups -OCH3 is 1. The Morgan fingerprint density at radius 3 is 2.60 bits per heavy atom. The van der Waals surface area contributed by atoms with Crippen LogP contribution in [0.5, 0.6) is 5.75 Å². The second kappa shape index (κ2) is 7.31. The molecule has 0 atom stereocenters. The number of aryl methyl sites for hydroxylation is 1. The Labute approximate surface area is 145 Å². The van der Waals surface area contributed by atoms with E-state index in [1.54, 1.807) is 31.2 Å². The molecule has 8 nitrogen and oxygen atoms in total. The van der Waals surface area contributed by atoms with E-state index in [1.165, 1.54) is 26.2 Å². The maximum Gasteiger partial charge on any atom is 0.276 e. The van der Waals surface area contributed by atoms with Gasteiger partial charge in [-0.1, -0.05) is 18.2 Å². The summed E-state index contributed by atoms with van der Waals surface area (Å²) < 4.78 is 29.7. The summed E-state index contributed by atoms with van der Waals surface area (Å²) in [6, 6.07) is 10.7. The summed E-state index contributed by atoms with van der Waals surface area (Å²) in [5, 5.41) is 14.8. The Bertz CT molecular complexity index is 939. The lowest BCUT2D eigenvalue weighted by Gasteiger charge is -2.07. The summed E-state index contributed by atoms with van der Waals surface area (Å²) in [4.78, 5) is 12.2. The van der Waals surface area contributed by atoms with Crippen LogP contribution in [0.3, 0.4) is 0 Å². The number of nitrogens with zero attached hydrogens (tertiary/aromatic N) is 2. The highest BCUT2D eigenvalue weighted by molar-refractivity contribution is 7.89. The van der Waals surface area contributed by atoms with Crippen molar-refractivity contribution in [3.05, 3.63) is 63.7 Å². The molecule has 2 rings (SSSR count). The van der Waals surface area contributed by atoms with Gasteiger partial charge in [-0.3, -0.25) is 10.1 Å². The maximum absolute atomic E-state index is 12.3. The van der Waals surface area contributed by atoms with Gasteiger partial charge >= 0.3 is 0 Å². The third-order valence-electron chi connectivity index (χ3n) is 3.51. The minimum absolute atomic E-state index is 0.230. The van der Waals surface area contributed by atoms with Gasteiger partial charge in [0, 0.05) is 17.2 Å². The molecule has 0 fully saturated rings. The minimum atomic E-state index is -4.03. The summed E-state index contributed by atoms with van der Waals surface area (Å²) in [6.45, 7) is 3.17. The number of hydrogen-bond acceptors (Lipinski definition) is 6. The molecule has 0 aliphatic heterocycles. The number of benzene rings is 2. The second-order valence-corrected chi connectivity index (χ2v) is 6.89. The molecule has 0 saturated carbocycles. The molecule has 0 radical (unpaired) electrons. The van der Waals surface area contributed by atoms with E-state index in [0.29, 0.717) is 22.6 Å². The average Bonchev–Trinajstić information content (AvgIpc) is 2.59. The molecule has 0 spiro atoms. The van der Waals surface area contributed by atoms with Crippen molar-refractivity contribution in [1.29, 1.82) is 0 Å². The first-order valence-electron chi connectivity index (χ1n) is 7.20. The zero-order valence-corrected chi connectivity index (χ0v) is 14.7. The fourth-order valence-corrected chi connectivity index (χ4v) is 2.92. The number of rotatable bonds is 6. The lowest BCUT2D eigenvalue weighted by molar-refractivity contribution is -0.385. The molecular weight excluding hydrogens is 346 g/mol. The Kier molecular flexibility index (Phi) is 5.38. The lowest BCUT2D eigenvalue weighted by Crippen LogP contribution is -2.20. The van der Waals surface area contributed by atoms with Gasteiger partial charge in [0.25, 0.3) is 15.7 Å². The van der Waals surface area contributed by atoms with Gasteiger partial charge in [0.2, 0.25) is 0 Å². The summed E-state index contributed by atoms with van der Waals surface area (Å²) in [7, 11) is -2.50. The van der Waals surface area contributed by atoms with E-state index in [1.807, 2.05) is 0 Å². The van der Waals surface area contributed by atoms with Crippen LogP contribution in [0, 0.1) is 17.0 Å². The smallest absolute Gasteiger partial charge is 0.276 e. The number of nitro benzene ring substituents is 1. The highest BCUT2D eigenvalue weighted by Gasteiger charge is 2.19. The third kappa shape index (κ3) is 4.32. The zero-order chi connectivity index (χ0) is 18.6. The maximum atomic E-state index is 12.3. The lowest BCUT2D eigenvalue weighted by atomic mass is 10.1. The fourth-order valence-electron chi connectivity index (χ4n) is 2.05. The number of nitrogens with one attached hydrogen (secondary N) is 1. The van der Waals surface area contributed by atoms with E-state index in [9.17, 15) is 18.5 Å². The average molecular weight is 363 g/mol. The molecule has 0 saturated heterocycles. The summed E-state index contributed by atoms with van der Waals surface area (Å²) in [5.41, 5.74) is 1.21. The first-order chi connectivity index (χ1) is 11.7. The highest BCUT2D eigenvalue weighted by atomic mass is 32.2. The molecule has 132 valence electrons. The predicted molar refractivity (Wildman–Crippen MR) is 93.4 cm³/mol. The van der Waals surface area contributed by atoms with Gasteiger partial charge in [-0.2, -0.15) is 18.4 Å². The van der Waals surface area contributed by atoms with Crippen LogP contribution in [0.15, 0.2) is 52.5 Å². The molecule has 0 aromatic heterocycles. The molecule has 0 aliphatic rings. The molecule has 25 heavy (non-hydrogen) atoms. The Morgan fingerprint density at radius 2 is 1.96 bits per heavy atom. The van der Waals surface area contributed by atoms with E-state index in [-0.39, 0.29) is 10.6 Å². The molecule has 0 aliphatic carbocycles. The first-order valence-corrected chi connectivity index (χ1v) is 8.68. The van der Waals surface area contributed by atoms with Gasteiger partial charge in [-0.25, -0.2) is 0 Å². The first kappa shape index (κ1) is 18.4. The summed E-state index contributed by atoms with van der Waals surface area (Å²) in [5.74, 6) is 0.615. The van der Waals surface area contributed by atoms with Gasteiger partial charge in [0.05, 0.1) is 22.6 Å². The van der Waals surface area contributed by atoms with Crippen LogP contribution >= 0.6 is 0 Å². The van der Waals surface area contributed by atoms with Crippen molar-refractivity contribution in [2.45, 2.75) is 18.7 Å². The van der Waals surface area contributed by atoms with Gasteiger partial charge in [0.15, 0.2) is 0 Å². The number of hydrogen-bond donors (Lipinski definition) is 1. The fraction of sp³-hybridized carbons (Fsp3) is 0.188. The zero-order valence-electron chi connectivity index (χ0n) is 13.9. The quantitative estimate of drug-likeness (QED) is 0.482. The molecular formula is C16H17N3O5S. The van der Waals surface area contributed by atoms with E-state index in [0.717, 1.165) is 6.07 Å². The molecule has 1 N–H and O–H groups in total. The molecule has 0 heterocycles. The third-order valence-corrected chi connectivity index (χ3v) is 4.71. The van der Waals surface area contributed by atoms with Crippen LogP contribution in [0.2, 0.25) is 0 Å². The van der Waals surface area contributed by atoms with Crippen LogP contribution < -0.4 is 9.57 Å². The largest absolute Gasteiger partial charge is 0.497 e. The van der Waals surface area contributed by atoms with Crippen LogP contribution in [-0.2, 0) is 10.0 Å².